The molecular weight excluding hydrogens is 566 g/mol. The van der Waals surface area contributed by atoms with E-state index in [0.29, 0.717) is 22.6 Å². The van der Waals surface area contributed by atoms with Gasteiger partial charge in [0.25, 0.3) is 11.8 Å². The molecule has 0 spiro atoms. The maximum atomic E-state index is 13.4. The number of anilines is 2. The third kappa shape index (κ3) is 8.57. The van der Waals surface area contributed by atoms with Gasteiger partial charge in [0.1, 0.15) is 17.0 Å². The fourth-order valence-corrected chi connectivity index (χ4v) is 5.01. The molecule has 9 nitrogen and oxygen atoms in total. The van der Waals surface area contributed by atoms with E-state index in [-0.39, 0.29) is 22.9 Å². The molecule has 0 bridgehead atoms. The van der Waals surface area contributed by atoms with Crippen LogP contribution in [-0.4, -0.2) is 39.2 Å². The lowest BCUT2D eigenvalue weighted by atomic mass is 10.1. The maximum Gasteiger partial charge on any atom is 0.339 e. The lowest BCUT2D eigenvalue weighted by molar-refractivity contribution is -0.116. The summed E-state index contributed by atoms with van der Waals surface area (Å²) in [6.45, 7) is 1.85. The highest BCUT2D eigenvalue weighted by Gasteiger charge is 2.20. The summed E-state index contributed by atoms with van der Waals surface area (Å²) < 4.78 is 0. The normalized spacial score (nSPS) is 11.7. The molecule has 218 valence electrons. The zero-order valence-corrected chi connectivity index (χ0v) is 23.9. The predicted molar refractivity (Wildman–Crippen MR) is 167 cm³/mol. The molecule has 5 N–H and O–H groups in total. The molecule has 0 aromatic heterocycles. The van der Waals surface area contributed by atoms with Crippen molar-refractivity contribution >= 4 is 52.9 Å². The Morgan fingerprint density at radius 3 is 2.16 bits per heavy atom. The number of aromatic hydroxyl groups is 1. The zero-order chi connectivity index (χ0) is 30.8. The van der Waals surface area contributed by atoms with E-state index >= 15 is 0 Å². The fraction of sp³-hybridized carbons (Fsp3) is 0.0909. The van der Waals surface area contributed by atoms with E-state index in [4.69, 9.17) is 0 Å². The van der Waals surface area contributed by atoms with Gasteiger partial charge in [-0.05, 0) is 66.6 Å². The van der Waals surface area contributed by atoms with Crippen LogP contribution in [0.2, 0.25) is 0 Å². The average molecular weight is 596 g/mol. The monoisotopic (exact) mass is 595 g/mol. The van der Waals surface area contributed by atoms with E-state index in [1.165, 1.54) is 30.0 Å². The summed E-state index contributed by atoms with van der Waals surface area (Å²) >= 11 is 1.28. The van der Waals surface area contributed by atoms with Gasteiger partial charge in [0.15, 0.2) is 0 Å². The van der Waals surface area contributed by atoms with Crippen molar-refractivity contribution in [3.63, 3.8) is 0 Å². The van der Waals surface area contributed by atoms with Gasteiger partial charge >= 0.3 is 5.97 Å². The molecule has 0 saturated heterocycles. The van der Waals surface area contributed by atoms with Crippen LogP contribution in [0.1, 0.15) is 39.6 Å². The number of amides is 3. The van der Waals surface area contributed by atoms with Crippen molar-refractivity contribution in [2.24, 2.45) is 0 Å². The number of hydrogen-bond acceptors (Lipinski definition) is 6. The quantitative estimate of drug-likeness (QED) is 0.0811. The summed E-state index contributed by atoms with van der Waals surface area (Å²) in [5, 5.41) is 26.7. The van der Waals surface area contributed by atoms with Gasteiger partial charge in [-0.25, -0.2) is 4.79 Å². The third-order valence-electron chi connectivity index (χ3n) is 6.17. The van der Waals surface area contributed by atoms with Crippen LogP contribution in [0, 0.1) is 0 Å². The lowest BCUT2D eigenvalue weighted by Gasteiger charge is -2.16. The van der Waals surface area contributed by atoms with Crippen LogP contribution in [0.3, 0.4) is 0 Å². The first-order valence-electron chi connectivity index (χ1n) is 13.3. The molecule has 10 heteroatoms. The van der Waals surface area contributed by atoms with E-state index in [1.807, 2.05) is 37.3 Å². The number of rotatable bonds is 11. The molecule has 4 aromatic carbocycles. The summed E-state index contributed by atoms with van der Waals surface area (Å²) in [5.41, 5.74) is 1.58. The molecule has 0 aliphatic heterocycles. The standard InChI is InChI=1S/C33H29N3O6S/c1-2-29(32(40)35-24-16-17-28(37)26(20-24)33(41)42)43-25-15-9-14-23(19-25)34-31(39)27(18-21-10-5-3-6-11-21)36-30(38)22-12-7-4-8-13-22/h3-20,29,37H,2H2,1H3,(H,34,39)(H,35,40)(H,36,38)(H,41,42)/b27-18-. The Balaban J connectivity index is 1.48. The smallest absolute Gasteiger partial charge is 0.339 e. The van der Waals surface area contributed by atoms with Crippen LogP contribution in [0.5, 0.6) is 5.75 Å². The van der Waals surface area contributed by atoms with Crippen molar-refractivity contribution in [1.29, 1.82) is 0 Å². The Morgan fingerprint density at radius 2 is 1.49 bits per heavy atom. The molecule has 0 saturated carbocycles. The number of nitrogens with one attached hydrogen (secondary N) is 3. The van der Waals surface area contributed by atoms with Gasteiger partial charge in [-0.3, -0.25) is 14.4 Å². The number of carbonyl (C=O) groups is 4. The zero-order valence-electron chi connectivity index (χ0n) is 23.1. The molecule has 0 aliphatic rings. The highest BCUT2D eigenvalue weighted by molar-refractivity contribution is 8.00. The average Bonchev–Trinajstić information content (AvgIpc) is 3.01. The Morgan fingerprint density at radius 1 is 0.814 bits per heavy atom. The third-order valence-corrected chi connectivity index (χ3v) is 7.53. The van der Waals surface area contributed by atoms with Gasteiger partial charge in [0.05, 0.1) is 5.25 Å². The molecule has 0 radical (unpaired) electrons. The topological polar surface area (TPSA) is 145 Å². The Kier molecular flexibility index (Phi) is 10.3. The van der Waals surface area contributed by atoms with Gasteiger partial charge in [0, 0.05) is 21.8 Å². The second-order valence-electron chi connectivity index (χ2n) is 9.31. The number of carboxylic acid groups (broad SMARTS) is 1. The van der Waals surface area contributed by atoms with Crippen LogP contribution >= 0.6 is 11.8 Å². The van der Waals surface area contributed by atoms with E-state index in [1.54, 1.807) is 60.7 Å². The minimum Gasteiger partial charge on any atom is -0.507 e. The second-order valence-corrected chi connectivity index (χ2v) is 10.6. The number of thioether (sulfide) groups is 1. The van der Waals surface area contributed by atoms with Crippen molar-refractivity contribution in [3.8, 4) is 5.75 Å². The van der Waals surface area contributed by atoms with Crippen molar-refractivity contribution in [2.45, 2.75) is 23.5 Å². The van der Waals surface area contributed by atoms with Crippen molar-refractivity contribution in [3.05, 3.63) is 126 Å². The number of benzene rings is 4. The summed E-state index contributed by atoms with van der Waals surface area (Å²) in [6, 6.07) is 28.5. The first kappa shape index (κ1) is 30.6. The van der Waals surface area contributed by atoms with Gasteiger partial charge in [-0.1, -0.05) is 61.5 Å². The number of hydrogen-bond donors (Lipinski definition) is 5. The Labute approximate surface area is 252 Å². The van der Waals surface area contributed by atoms with Gasteiger partial charge < -0.3 is 26.2 Å². The molecule has 1 unspecified atom stereocenters. The highest BCUT2D eigenvalue weighted by atomic mass is 32.2. The highest BCUT2D eigenvalue weighted by Crippen LogP contribution is 2.29. The molecule has 0 aliphatic carbocycles. The van der Waals surface area contributed by atoms with Crippen LogP contribution < -0.4 is 16.0 Å². The van der Waals surface area contributed by atoms with Crippen LogP contribution in [0.4, 0.5) is 11.4 Å². The van der Waals surface area contributed by atoms with Crippen LogP contribution in [-0.2, 0) is 9.59 Å². The minimum absolute atomic E-state index is 0.0542. The van der Waals surface area contributed by atoms with Crippen molar-refractivity contribution < 1.29 is 29.4 Å². The Hall–Kier alpha value is -5.35. The first-order chi connectivity index (χ1) is 20.7. The van der Waals surface area contributed by atoms with E-state index in [9.17, 15) is 29.4 Å². The van der Waals surface area contributed by atoms with Gasteiger partial charge in [-0.2, -0.15) is 0 Å². The molecule has 3 amide bonds. The molecule has 0 fully saturated rings. The number of carbonyl (C=O) groups excluding carboxylic acids is 3. The second kappa shape index (κ2) is 14.5. The van der Waals surface area contributed by atoms with Gasteiger partial charge in [0.2, 0.25) is 5.91 Å². The molecule has 1 atom stereocenters. The number of carboxylic acids is 1. The number of phenols is 1. The van der Waals surface area contributed by atoms with E-state index in [0.717, 1.165) is 5.56 Å². The fourth-order valence-electron chi connectivity index (χ4n) is 4.00. The molecule has 4 aromatic rings. The maximum absolute atomic E-state index is 13.4. The van der Waals surface area contributed by atoms with E-state index in [2.05, 4.69) is 16.0 Å². The van der Waals surface area contributed by atoms with Crippen LogP contribution in [0.15, 0.2) is 114 Å². The number of aromatic carboxylic acids is 1. The molecule has 4 rings (SSSR count). The molecule has 43 heavy (non-hydrogen) atoms. The van der Waals surface area contributed by atoms with E-state index < -0.39 is 28.8 Å². The largest absolute Gasteiger partial charge is 0.507 e. The summed E-state index contributed by atoms with van der Waals surface area (Å²) in [6.07, 6.45) is 2.05. The molecular formula is C33H29N3O6S. The van der Waals surface area contributed by atoms with Crippen molar-refractivity contribution in [1.82, 2.24) is 5.32 Å². The van der Waals surface area contributed by atoms with Gasteiger partial charge in [-0.15, -0.1) is 11.8 Å². The summed E-state index contributed by atoms with van der Waals surface area (Å²) in [4.78, 5) is 51.2. The SMILES string of the molecule is CCC(Sc1cccc(NC(=O)/C(=C/c2ccccc2)NC(=O)c2ccccc2)c1)C(=O)Nc1ccc(O)c(C(=O)O)c1. The summed E-state index contributed by atoms with van der Waals surface area (Å²) in [5.74, 6) is -3.01. The minimum atomic E-state index is -1.31. The first-order valence-corrected chi connectivity index (χ1v) is 14.2. The Bertz CT molecular complexity index is 1660. The predicted octanol–water partition coefficient (Wildman–Crippen LogP) is 6.01. The van der Waals surface area contributed by atoms with Crippen molar-refractivity contribution in [2.75, 3.05) is 10.6 Å². The summed E-state index contributed by atoms with van der Waals surface area (Å²) in [7, 11) is 0. The van der Waals surface area contributed by atoms with Crippen LogP contribution in [0.25, 0.3) is 6.08 Å². The lowest BCUT2D eigenvalue weighted by Crippen LogP contribution is -2.30. The molecule has 0 heterocycles.